The van der Waals surface area contributed by atoms with E-state index in [9.17, 15) is 4.79 Å². The van der Waals surface area contributed by atoms with Crippen molar-refractivity contribution in [3.8, 4) is 0 Å². The van der Waals surface area contributed by atoms with Gasteiger partial charge in [-0.3, -0.25) is 4.79 Å². The fraction of sp³-hybridized carbons (Fsp3) is 0.421. The Balaban J connectivity index is 1.77. The first-order valence-electron chi connectivity index (χ1n) is 8.69. The van der Waals surface area contributed by atoms with E-state index in [0.717, 1.165) is 34.7 Å². The van der Waals surface area contributed by atoms with Gasteiger partial charge in [-0.25, -0.2) is 9.97 Å². The fourth-order valence-corrected chi connectivity index (χ4v) is 3.48. The zero-order valence-electron chi connectivity index (χ0n) is 14.8. The van der Waals surface area contributed by atoms with E-state index in [1.54, 1.807) is 6.33 Å². The molecule has 0 fully saturated rings. The molecule has 2 aromatic heterocycles. The van der Waals surface area contributed by atoms with E-state index >= 15 is 0 Å². The summed E-state index contributed by atoms with van der Waals surface area (Å²) in [6.07, 6.45) is 3.00. The van der Waals surface area contributed by atoms with Gasteiger partial charge in [0.2, 0.25) is 5.91 Å². The van der Waals surface area contributed by atoms with Crippen LogP contribution >= 0.6 is 0 Å². The van der Waals surface area contributed by atoms with Crippen molar-refractivity contribution in [2.45, 2.75) is 39.7 Å². The average Bonchev–Trinajstić information content (AvgIpc) is 3.18. The number of aromatic amines is 2. The summed E-state index contributed by atoms with van der Waals surface area (Å²) in [5.74, 6) is 0.920. The summed E-state index contributed by atoms with van der Waals surface area (Å²) in [5.41, 5.74) is 3.81. The molecule has 0 saturated carbocycles. The molecule has 0 radical (unpaired) electrons. The van der Waals surface area contributed by atoms with Gasteiger partial charge in [-0.15, -0.1) is 0 Å². The molecule has 3 heterocycles. The Labute approximate surface area is 146 Å². The van der Waals surface area contributed by atoms with Gasteiger partial charge in [0.05, 0.1) is 23.1 Å². The van der Waals surface area contributed by atoms with E-state index in [-0.39, 0.29) is 17.4 Å². The van der Waals surface area contributed by atoms with Crippen LogP contribution in [0.15, 0.2) is 30.6 Å². The van der Waals surface area contributed by atoms with Gasteiger partial charge in [0.1, 0.15) is 11.9 Å². The van der Waals surface area contributed by atoms with Crippen LogP contribution in [0.3, 0.4) is 0 Å². The van der Waals surface area contributed by atoms with E-state index in [4.69, 9.17) is 4.98 Å². The molecule has 2 N–H and O–H groups in total. The Morgan fingerprint density at radius 3 is 2.88 bits per heavy atom. The molecule has 6 nitrogen and oxygen atoms in total. The quantitative estimate of drug-likeness (QED) is 0.754. The smallest absolute Gasteiger partial charge is 0.224 e. The van der Waals surface area contributed by atoms with Crippen LogP contribution in [0.25, 0.3) is 11.0 Å². The predicted molar refractivity (Wildman–Crippen MR) is 96.0 cm³/mol. The van der Waals surface area contributed by atoms with Crippen LogP contribution in [0.5, 0.6) is 0 Å². The van der Waals surface area contributed by atoms with Crippen molar-refractivity contribution >= 4 is 16.9 Å². The summed E-state index contributed by atoms with van der Waals surface area (Å²) in [6, 6.07) is 7.66. The molecule has 6 heteroatoms. The molecule has 1 aliphatic rings. The monoisotopic (exact) mass is 337 g/mol. The zero-order valence-corrected chi connectivity index (χ0v) is 14.8. The molecule has 130 valence electrons. The first-order valence-corrected chi connectivity index (χ1v) is 8.69. The van der Waals surface area contributed by atoms with Crippen molar-refractivity contribution in [1.82, 2.24) is 24.8 Å². The average molecular weight is 337 g/mol. The highest BCUT2D eigenvalue weighted by Crippen LogP contribution is 2.34. The van der Waals surface area contributed by atoms with Crippen molar-refractivity contribution in [3.05, 3.63) is 47.8 Å². The number of H-pyrrole nitrogens is 2. The van der Waals surface area contributed by atoms with Gasteiger partial charge in [0.25, 0.3) is 0 Å². The molecule has 3 aromatic rings. The van der Waals surface area contributed by atoms with Crippen LogP contribution in [-0.2, 0) is 11.2 Å². The Kier molecular flexibility index (Phi) is 3.63. The van der Waals surface area contributed by atoms with Crippen LogP contribution in [0.4, 0.5) is 0 Å². The normalized spacial score (nSPS) is 17.7. The van der Waals surface area contributed by atoms with E-state index in [0.29, 0.717) is 13.0 Å². The number of aromatic nitrogens is 4. The number of hydrogen-bond donors (Lipinski definition) is 2. The van der Waals surface area contributed by atoms with Crippen LogP contribution < -0.4 is 0 Å². The number of benzene rings is 1. The summed E-state index contributed by atoms with van der Waals surface area (Å²) < 4.78 is 0. The van der Waals surface area contributed by atoms with E-state index < -0.39 is 0 Å². The van der Waals surface area contributed by atoms with Gasteiger partial charge in [0.15, 0.2) is 0 Å². The Bertz CT molecular complexity index is 884. The molecule has 0 aliphatic carbocycles. The summed E-state index contributed by atoms with van der Waals surface area (Å²) in [7, 11) is 0. The Hall–Kier alpha value is -2.63. The summed E-state index contributed by atoms with van der Waals surface area (Å²) in [6.45, 7) is 6.94. The molecule has 4 rings (SSSR count). The third kappa shape index (κ3) is 2.92. The molecule has 0 spiro atoms. The Morgan fingerprint density at radius 2 is 2.12 bits per heavy atom. The molecule has 0 saturated heterocycles. The lowest BCUT2D eigenvalue weighted by Crippen LogP contribution is -2.42. The second kappa shape index (κ2) is 5.72. The molecular formula is C19H23N5O. The Morgan fingerprint density at radius 1 is 1.32 bits per heavy atom. The SMILES string of the molecule is CC(C)(C)CC(=O)N1CCc2[nH]cnc2[C@H]1c1nc2ccccc2[nH]1. The minimum atomic E-state index is -0.266. The third-order valence-electron chi connectivity index (χ3n) is 4.59. The lowest BCUT2D eigenvalue weighted by atomic mass is 9.90. The minimum absolute atomic E-state index is 0.0542. The van der Waals surface area contributed by atoms with Gasteiger partial charge in [0, 0.05) is 25.1 Å². The van der Waals surface area contributed by atoms with Crippen LogP contribution in [0.2, 0.25) is 0 Å². The summed E-state index contributed by atoms with van der Waals surface area (Å²) >= 11 is 0. The predicted octanol–water partition coefficient (Wildman–Crippen LogP) is 3.20. The first kappa shape index (κ1) is 15.9. The topological polar surface area (TPSA) is 77.7 Å². The standard InChI is InChI=1S/C19H23N5O/c1-19(2,3)10-15(25)24-9-8-14-16(21-11-20-14)17(24)18-22-12-6-4-5-7-13(12)23-18/h4-7,11,17H,8-10H2,1-3H3,(H,20,21)(H,22,23)/t17-/m0/s1. The van der Waals surface area contributed by atoms with Gasteiger partial charge >= 0.3 is 0 Å². The van der Waals surface area contributed by atoms with E-state index in [2.05, 4.69) is 35.7 Å². The van der Waals surface area contributed by atoms with E-state index in [1.807, 2.05) is 29.2 Å². The van der Waals surface area contributed by atoms with Gasteiger partial charge in [-0.2, -0.15) is 0 Å². The van der Waals surface area contributed by atoms with Crippen molar-refractivity contribution in [1.29, 1.82) is 0 Å². The summed E-state index contributed by atoms with van der Waals surface area (Å²) in [4.78, 5) is 30.8. The first-order chi connectivity index (χ1) is 11.9. The molecule has 1 aromatic carbocycles. The highest BCUT2D eigenvalue weighted by Gasteiger charge is 2.37. The number of para-hydroxylation sites is 2. The molecule has 0 bridgehead atoms. The number of imidazole rings is 2. The van der Waals surface area contributed by atoms with Crippen LogP contribution in [-0.4, -0.2) is 37.3 Å². The van der Waals surface area contributed by atoms with Gasteiger partial charge < -0.3 is 14.9 Å². The van der Waals surface area contributed by atoms with E-state index in [1.165, 1.54) is 0 Å². The number of carbonyl (C=O) groups is 1. The molecule has 1 aliphatic heterocycles. The lowest BCUT2D eigenvalue weighted by molar-refractivity contribution is -0.135. The largest absolute Gasteiger partial charge is 0.348 e. The number of amides is 1. The maximum Gasteiger partial charge on any atom is 0.224 e. The number of hydrogen-bond acceptors (Lipinski definition) is 3. The zero-order chi connectivity index (χ0) is 17.6. The molecular weight excluding hydrogens is 314 g/mol. The maximum absolute atomic E-state index is 13.0. The van der Waals surface area contributed by atoms with Crippen molar-refractivity contribution in [2.75, 3.05) is 6.54 Å². The third-order valence-corrected chi connectivity index (χ3v) is 4.59. The molecule has 0 unspecified atom stereocenters. The highest BCUT2D eigenvalue weighted by atomic mass is 16.2. The number of nitrogens with one attached hydrogen (secondary N) is 2. The number of carbonyl (C=O) groups excluding carboxylic acids is 1. The minimum Gasteiger partial charge on any atom is -0.348 e. The molecule has 1 amide bonds. The second-order valence-electron chi connectivity index (χ2n) is 7.88. The van der Waals surface area contributed by atoms with Crippen LogP contribution in [0.1, 0.15) is 50.4 Å². The number of rotatable bonds is 2. The molecule has 1 atom stereocenters. The summed E-state index contributed by atoms with van der Waals surface area (Å²) in [5, 5.41) is 0. The second-order valence-corrected chi connectivity index (χ2v) is 7.88. The lowest BCUT2D eigenvalue weighted by Gasteiger charge is -2.35. The van der Waals surface area contributed by atoms with Crippen molar-refractivity contribution in [3.63, 3.8) is 0 Å². The van der Waals surface area contributed by atoms with Gasteiger partial charge in [-0.1, -0.05) is 32.9 Å². The van der Waals surface area contributed by atoms with Gasteiger partial charge in [-0.05, 0) is 17.5 Å². The highest BCUT2D eigenvalue weighted by molar-refractivity contribution is 5.79. The number of nitrogens with zero attached hydrogens (tertiary/aromatic N) is 3. The fourth-order valence-electron chi connectivity index (χ4n) is 3.48. The number of fused-ring (bicyclic) bond motifs is 2. The van der Waals surface area contributed by atoms with Crippen molar-refractivity contribution < 1.29 is 4.79 Å². The maximum atomic E-state index is 13.0. The molecule has 25 heavy (non-hydrogen) atoms. The van der Waals surface area contributed by atoms with Crippen molar-refractivity contribution in [2.24, 2.45) is 5.41 Å². The van der Waals surface area contributed by atoms with Crippen LogP contribution in [0, 0.1) is 5.41 Å².